The standard InChI is InChI=1S/C16H14ClFN2O2/c1-19(9-11-12(17)5-4-6-13(11)18)10-20-14-7-2-3-8-15(14)22-16(20)21/h2-8H,9-10H2,1H3/p+1. The average molecular weight is 322 g/mol. The second-order valence-electron chi connectivity index (χ2n) is 5.26. The minimum atomic E-state index is -0.416. The van der Waals surface area contributed by atoms with Crippen molar-refractivity contribution in [1.82, 2.24) is 4.57 Å². The molecule has 22 heavy (non-hydrogen) atoms. The van der Waals surface area contributed by atoms with Crippen molar-refractivity contribution in [3.8, 4) is 0 Å². The van der Waals surface area contributed by atoms with Gasteiger partial charge in [-0.3, -0.25) is 0 Å². The molecule has 0 saturated carbocycles. The number of fused-ring (bicyclic) bond motifs is 1. The van der Waals surface area contributed by atoms with Crippen LogP contribution in [-0.4, -0.2) is 11.6 Å². The topological polar surface area (TPSA) is 39.6 Å². The fourth-order valence-corrected chi connectivity index (χ4v) is 2.72. The van der Waals surface area contributed by atoms with Gasteiger partial charge in [-0.1, -0.05) is 29.8 Å². The average Bonchev–Trinajstić information content (AvgIpc) is 2.79. The lowest BCUT2D eigenvalue weighted by atomic mass is 10.2. The quantitative estimate of drug-likeness (QED) is 0.799. The molecule has 1 aromatic heterocycles. The number of para-hydroxylation sites is 2. The minimum Gasteiger partial charge on any atom is -0.408 e. The van der Waals surface area contributed by atoms with Gasteiger partial charge in [0.05, 0.1) is 23.2 Å². The van der Waals surface area contributed by atoms with Gasteiger partial charge in [0.15, 0.2) is 12.3 Å². The normalized spacial score (nSPS) is 12.7. The lowest BCUT2D eigenvalue weighted by Crippen LogP contribution is -3.07. The van der Waals surface area contributed by atoms with Crippen molar-refractivity contribution in [3.63, 3.8) is 0 Å². The van der Waals surface area contributed by atoms with Crippen molar-refractivity contribution < 1.29 is 13.7 Å². The number of nitrogens with zero attached hydrogens (tertiary/aromatic N) is 1. The van der Waals surface area contributed by atoms with Crippen molar-refractivity contribution in [1.29, 1.82) is 0 Å². The first-order chi connectivity index (χ1) is 10.6. The molecule has 6 heteroatoms. The van der Waals surface area contributed by atoms with Crippen LogP contribution in [0.15, 0.2) is 51.7 Å². The molecule has 0 saturated heterocycles. The maximum absolute atomic E-state index is 13.8. The summed E-state index contributed by atoms with van der Waals surface area (Å²) >= 11 is 6.04. The van der Waals surface area contributed by atoms with Crippen molar-refractivity contribution in [2.75, 3.05) is 7.05 Å². The van der Waals surface area contributed by atoms with Crippen LogP contribution in [0.2, 0.25) is 5.02 Å². The molecule has 1 unspecified atom stereocenters. The fraction of sp³-hybridized carbons (Fsp3) is 0.188. The number of hydrogen-bond donors (Lipinski definition) is 1. The highest BCUT2D eigenvalue weighted by Gasteiger charge is 2.16. The zero-order valence-corrected chi connectivity index (χ0v) is 12.7. The van der Waals surface area contributed by atoms with Crippen LogP contribution in [-0.2, 0) is 13.2 Å². The molecule has 3 aromatic rings. The van der Waals surface area contributed by atoms with E-state index in [0.717, 1.165) is 10.4 Å². The highest BCUT2D eigenvalue weighted by atomic mass is 35.5. The first-order valence-corrected chi connectivity index (χ1v) is 7.26. The summed E-state index contributed by atoms with van der Waals surface area (Å²) in [7, 11) is 1.87. The van der Waals surface area contributed by atoms with Crippen LogP contribution in [0, 0.1) is 5.82 Å². The zero-order valence-electron chi connectivity index (χ0n) is 12.0. The lowest BCUT2D eigenvalue weighted by molar-refractivity contribution is -0.916. The van der Waals surface area contributed by atoms with Gasteiger partial charge < -0.3 is 9.32 Å². The van der Waals surface area contributed by atoms with E-state index in [9.17, 15) is 9.18 Å². The van der Waals surface area contributed by atoms with Gasteiger partial charge in [-0.15, -0.1) is 0 Å². The molecule has 4 nitrogen and oxygen atoms in total. The Bertz CT molecular complexity index is 852. The SMILES string of the molecule is C[NH+](Cc1c(F)cccc1Cl)Cn1c(=O)oc2ccccc21. The van der Waals surface area contributed by atoms with Crippen LogP contribution in [0.1, 0.15) is 5.56 Å². The van der Waals surface area contributed by atoms with Gasteiger partial charge in [0, 0.05) is 0 Å². The number of nitrogens with one attached hydrogen (secondary N) is 1. The number of oxazole rings is 1. The summed E-state index contributed by atoms with van der Waals surface area (Å²) in [5, 5.41) is 0.392. The van der Waals surface area contributed by atoms with E-state index in [1.54, 1.807) is 22.8 Å². The van der Waals surface area contributed by atoms with Gasteiger partial charge in [-0.25, -0.2) is 13.8 Å². The first-order valence-electron chi connectivity index (χ1n) is 6.89. The van der Waals surface area contributed by atoms with Gasteiger partial charge in [0.25, 0.3) is 0 Å². The lowest BCUT2D eigenvalue weighted by Gasteiger charge is -2.15. The molecule has 0 aliphatic carbocycles. The summed E-state index contributed by atoms with van der Waals surface area (Å²) in [6.45, 7) is 0.734. The first kappa shape index (κ1) is 14.8. The summed E-state index contributed by atoms with van der Waals surface area (Å²) in [4.78, 5) is 12.9. The molecule has 0 amide bonds. The Morgan fingerprint density at radius 2 is 2.00 bits per heavy atom. The predicted molar refractivity (Wildman–Crippen MR) is 82.5 cm³/mol. The third-order valence-corrected chi connectivity index (χ3v) is 3.90. The zero-order chi connectivity index (χ0) is 15.7. The van der Waals surface area contributed by atoms with E-state index in [1.807, 2.05) is 25.2 Å². The molecule has 1 heterocycles. The van der Waals surface area contributed by atoms with Gasteiger partial charge in [0.2, 0.25) is 0 Å². The summed E-state index contributed by atoms with van der Waals surface area (Å²) in [5.74, 6) is -0.753. The third kappa shape index (κ3) is 2.77. The highest BCUT2D eigenvalue weighted by Crippen LogP contribution is 2.17. The Morgan fingerprint density at radius 1 is 1.23 bits per heavy atom. The number of benzene rings is 2. The highest BCUT2D eigenvalue weighted by molar-refractivity contribution is 6.31. The van der Waals surface area contributed by atoms with Crippen LogP contribution >= 0.6 is 11.6 Å². The minimum absolute atomic E-state index is 0.337. The molecule has 114 valence electrons. The number of quaternary nitrogens is 1. The Hall–Kier alpha value is -2.11. The van der Waals surface area contributed by atoms with E-state index in [-0.39, 0.29) is 5.82 Å². The van der Waals surface area contributed by atoms with Crippen LogP contribution < -0.4 is 10.7 Å². The monoisotopic (exact) mass is 321 g/mol. The fourth-order valence-electron chi connectivity index (χ4n) is 2.49. The van der Waals surface area contributed by atoms with Gasteiger partial charge >= 0.3 is 5.76 Å². The summed E-state index contributed by atoms with van der Waals surface area (Å²) in [5.41, 5.74) is 1.72. The molecule has 0 aliphatic rings. The van der Waals surface area contributed by atoms with E-state index in [0.29, 0.717) is 29.4 Å². The Kier molecular flexibility index (Phi) is 4.00. The molecular formula is C16H15ClFN2O2+. The van der Waals surface area contributed by atoms with E-state index in [1.165, 1.54) is 6.07 Å². The molecule has 0 aliphatic heterocycles. The van der Waals surface area contributed by atoms with Crippen LogP contribution in [0.4, 0.5) is 4.39 Å². The van der Waals surface area contributed by atoms with E-state index < -0.39 is 5.76 Å². The molecule has 1 atom stereocenters. The third-order valence-electron chi connectivity index (χ3n) is 3.54. The molecule has 0 spiro atoms. The number of halogens is 2. The van der Waals surface area contributed by atoms with E-state index >= 15 is 0 Å². The Morgan fingerprint density at radius 3 is 2.77 bits per heavy atom. The van der Waals surface area contributed by atoms with Gasteiger partial charge in [-0.2, -0.15) is 0 Å². The summed E-state index contributed by atoms with van der Waals surface area (Å²) < 4.78 is 20.6. The second kappa shape index (κ2) is 5.94. The van der Waals surface area contributed by atoms with E-state index in [2.05, 4.69) is 0 Å². The number of rotatable bonds is 4. The Balaban J connectivity index is 1.86. The predicted octanol–water partition coefficient (Wildman–Crippen LogP) is 2.06. The molecule has 0 radical (unpaired) electrons. The van der Waals surface area contributed by atoms with Gasteiger partial charge in [0.1, 0.15) is 12.4 Å². The van der Waals surface area contributed by atoms with Crippen molar-refractivity contribution in [2.24, 2.45) is 0 Å². The molecule has 2 aromatic carbocycles. The summed E-state index contributed by atoms with van der Waals surface area (Å²) in [6.07, 6.45) is 0. The smallest absolute Gasteiger partial charge is 0.408 e. The Labute approximate surface area is 131 Å². The van der Waals surface area contributed by atoms with Crippen molar-refractivity contribution in [2.45, 2.75) is 13.2 Å². The largest absolute Gasteiger partial charge is 0.424 e. The molecule has 3 rings (SSSR count). The van der Waals surface area contributed by atoms with E-state index in [4.69, 9.17) is 16.0 Å². The van der Waals surface area contributed by atoms with Crippen LogP contribution in [0.3, 0.4) is 0 Å². The van der Waals surface area contributed by atoms with Crippen molar-refractivity contribution in [3.05, 3.63) is 69.4 Å². The van der Waals surface area contributed by atoms with Crippen LogP contribution in [0.5, 0.6) is 0 Å². The summed E-state index contributed by atoms with van der Waals surface area (Å²) in [6, 6.07) is 11.8. The van der Waals surface area contributed by atoms with Crippen molar-refractivity contribution >= 4 is 22.7 Å². The number of aromatic nitrogens is 1. The second-order valence-corrected chi connectivity index (χ2v) is 5.66. The maximum atomic E-state index is 13.8. The number of hydrogen-bond acceptors (Lipinski definition) is 2. The molecule has 0 fully saturated rings. The van der Waals surface area contributed by atoms with Gasteiger partial charge in [-0.05, 0) is 24.3 Å². The van der Waals surface area contributed by atoms with Crippen LogP contribution in [0.25, 0.3) is 11.1 Å². The molecular weight excluding hydrogens is 307 g/mol. The molecule has 1 N–H and O–H groups in total. The molecule has 0 bridgehead atoms. The maximum Gasteiger partial charge on any atom is 0.424 e.